The Bertz CT molecular complexity index is 418. The maximum absolute atomic E-state index is 10.5. The Morgan fingerprint density at radius 3 is 2.64 bits per heavy atom. The van der Waals surface area contributed by atoms with Crippen LogP contribution in [-0.2, 0) is 4.79 Å². The van der Waals surface area contributed by atoms with Gasteiger partial charge >= 0.3 is 5.97 Å². The number of hydrogen-bond acceptors (Lipinski definition) is 4. The van der Waals surface area contributed by atoms with E-state index in [0.29, 0.717) is 17.0 Å². The van der Waals surface area contributed by atoms with Gasteiger partial charge in [-0.25, -0.2) is 4.79 Å². The highest BCUT2D eigenvalue weighted by Gasteiger charge is 2.11. The van der Waals surface area contributed by atoms with Gasteiger partial charge in [-0.15, -0.1) is 0 Å². The summed E-state index contributed by atoms with van der Waals surface area (Å²) in [5.41, 5.74) is 0.778. The van der Waals surface area contributed by atoms with Crippen molar-refractivity contribution >= 4 is 12.0 Å². The number of carbonyl (C=O) groups is 1. The number of carboxylic acid groups (broad SMARTS) is 1. The monoisotopic (exact) mass is 192 g/mol. The van der Waals surface area contributed by atoms with Crippen LogP contribution in [0.1, 0.15) is 17.0 Å². The molecular weight excluding hydrogens is 184 g/mol. The molecule has 0 aliphatic rings. The van der Waals surface area contributed by atoms with Crippen molar-refractivity contribution < 1.29 is 14.4 Å². The lowest BCUT2D eigenvalue weighted by Crippen LogP contribution is -1.97. The maximum Gasteiger partial charge on any atom is 0.346 e. The summed E-state index contributed by atoms with van der Waals surface area (Å²) in [5.74, 6) is -0.760. The van der Waals surface area contributed by atoms with Crippen LogP contribution in [0.3, 0.4) is 0 Å². The molecule has 0 aliphatic heterocycles. The second kappa shape index (κ2) is 3.75. The van der Waals surface area contributed by atoms with E-state index >= 15 is 0 Å². The van der Waals surface area contributed by atoms with E-state index in [1.54, 1.807) is 19.9 Å². The quantitative estimate of drug-likeness (QED) is 0.563. The summed E-state index contributed by atoms with van der Waals surface area (Å²) in [7, 11) is 0. The Hall–Kier alpha value is -2.09. The minimum atomic E-state index is -1.26. The highest BCUT2D eigenvalue weighted by molar-refractivity contribution is 5.96. The largest absolute Gasteiger partial charge is 0.477 e. The molecule has 1 rings (SSSR count). The van der Waals surface area contributed by atoms with E-state index in [0.717, 1.165) is 0 Å². The molecule has 0 unspecified atom stereocenters. The molecule has 72 valence electrons. The SMILES string of the molecule is Cc1noc(C)c1/C=C(\C#N)C(=O)O. The summed E-state index contributed by atoms with van der Waals surface area (Å²) in [6, 6.07) is 1.59. The van der Waals surface area contributed by atoms with Crippen molar-refractivity contribution in [2.45, 2.75) is 13.8 Å². The van der Waals surface area contributed by atoms with Crippen molar-refractivity contribution in [1.29, 1.82) is 5.26 Å². The molecule has 0 aliphatic carbocycles. The van der Waals surface area contributed by atoms with Crippen molar-refractivity contribution in [1.82, 2.24) is 5.16 Å². The predicted molar refractivity (Wildman–Crippen MR) is 47.2 cm³/mol. The first kappa shape index (κ1) is 9.99. The molecule has 0 bridgehead atoms. The van der Waals surface area contributed by atoms with Gasteiger partial charge < -0.3 is 9.63 Å². The highest BCUT2D eigenvalue weighted by Crippen LogP contribution is 2.16. The lowest BCUT2D eigenvalue weighted by Gasteiger charge is -1.91. The molecule has 5 nitrogen and oxygen atoms in total. The minimum absolute atomic E-state index is 0.334. The molecule has 1 N–H and O–H groups in total. The molecule has 0 fully saturated rings. The van der Waals surface area contributed by atoms with Crippen molar-refractivity contribution in [2.24, 2.45) is 0 Å². The number of aryl methyl sites for hydroxylation is 2. The first-order chi connectivity index (χ1) is 6.56. The molecule has 0 amide bonds. The molecule has 0 aromatic carbocycles. The number of rotatable bonds is 2. The summed E-state index contributed by atoms with van der Waals surface area (Å²) >= 11 is 0. The second-order valence-corrected chi connectivity index (χ2v) is 2.71. The zero-order valence-electron chi connectivity index (χ0n) is 7.74. The minimum Gasteiger partial charge on any atom is -0.477 e. The summed E-state index contributed by atoms with van der Waals surface area (Å²) in [6.07, 6.45) is 1.25. The summed E-state index contributed by atoms with van der Waals surface area (Å²) < 4.78 is 4.82. The van der Waals surface area contributed by atoms with Gasteiger partial charge in [0.05, 0.1) is 5.69 Å². The van der Waals surface area contributed by atoms with Crippen LogP contribution in [0.5, 0.6) is 0 Å². The molecule has 0 saturated carbocycles. The molecular formula is C9H8N2O3. The molecule has 1 aromatic rings. The number of nitriles is 1. The Morgan fingerprint density at radius 2 is 2.29 bits per heavy atom. The van der Waals surface area contributed by atoms with Gasteiger partial charge in [0.15, 0.2) is 0 Å². The first-order valence-corrected chi connectivity index (χ1v) is 3.84. The third-order valence-corrected chi connectivity index (χ3v) is 1.73. The van der Waals surface area contributed by atoms with Crippen LogP contribution >= 0.6 is 0 Å². The first-order valence-electron chi connectivity index (χ1n) is 3.84. The second-order valence-electron chi connectivity index (χ2n) is 2.71. The molecule has 1 heterocycles. The molecule has 0 atom stereocenters. The fourth-order valence-corrected chi connectivity index (χ4v) is 0.982. The zero-order chi connectivity index (χ0) is 10.7. The van der Waals surface area contributed by atoms with Crippen molar-refractivity contribution in [3.8, 4) is 6.07 Å². The molecule has 5 heteroatoms. The third-order valence-electron chi connectivity index (χ3n) is 1.73. The number of aliphatic carboxylic acids is 1. The Morgan fingerprint density at radius 1 is 1.64 bits per heavy atom. The summed E-state index contributed by atoms with van der Waals surface area (Å²) in [4.78, 5) is 10.5. The Labute approximate surface area is 80.2 Å². The van der Waals surface area contributed by atoms with Gasteiger partial charge in [0.1, 0.15) is 17.4 Å². The molecule has 14 heavy (non-hydrogen) atoms. The van der Waals surface area contributed by atoms with Crippen molar-refractivity contribution in [2.75, 3.05) is 0 Å². The van der Waals surface area contributed by atoms with Gasteiger partial charge in [-0.3, -0.25) is 0 Å². The van der Waals surface area contributed by atoms with E-state index < -0.39 is 5.97 Å². The zero-order valence-corrected chi connectivity index (χ0v) is 7.74. The number of nitrogens with zero attached hydrogens (tertiary/aromatic N) is 2. The third kappa shape index (κ3) is 1.80. The van der Waals surface area contributed by atoms with Gasteiger partial charge in [0.2, 0.25) is 0 Å². The average molecular weight is 192 g/mol. The van der Waals surface area contributed by atoms with Crippen LogP contribution in [0.25, 0.3) is 6.08 Å². The number of hydrogen-bond donors (Lipinski definition) is 1. The van der Waals surface area contributed by atoms with Gasteiger partial charge in [0.25, 0.3) is 0 Å². The standard InChI is InChI=1S/C9H8N2O3/c1-5-8(6(2)14-11-5)3-7(4-10)9(12)13/h3H,1-2H3,(H,12,13)/b7-3+. The normalized spacial score (nSPS) is 11.1. The van der Waals surface area contributed by atoms with Crippen LogP contribution in [0.4, 0.5) is 0 Å². The van der Waals surface area contributed by atoms with E-state index in [1.165, 1.54) is 6.08 Å². The lowest BCUT2D eigenvalue weighted by molar-refractivity contribution is -0.132. The number of carboxylic acids is 1. The van der Waals surface area contributed by atoms with E-state index in [9.17, 15) is 4.79 Å². The maximum atomic E-state index is 10.5. The van der Waals surface area contributed by atoms with Crippen LogP contribution in [0.15, 0.2) is 10.1 Å². The lowest BCUT2D eigenvalue weighted by atomic mass is 10.1. The van der Waals surface area contributed by atoms with Gasteiger partial charge in [0, 0.05) is 5.56 Å². The van der Waals surface area contributed by atoms with E-state index in [4.69, 9.17) is 14.9 Å². The Kier molecular flexibility index (Phi) is 2.67. The molecule has 0 saturated heterocycles. The molecule has 0 radical (unpaired) electrons. The molecule has 0 spiro atoms. The summed E-state index contributed by atoms with van der Waals surface area (Å²) in [5, 5.41) is 20.8. The van der Waals surface area contributed by atoms with Crippen LogP contribution in [-0.4, -0.2) is 16.2 Å². The van der Waals surface area contributed by atoms with E-state index in [-0.39, 0.29) is 5.57 Å². The molecule has 1 aromatic heterocycles. The van der Waals surface area contributed by atoms with Gasteiger partial charge in [-0.1, -0.05) is 5.16 Å². The number of aromatic nitrogens is 1. The van der Waals surface area contributed by atoms with E-state index in [2.05, 4.69) is 5.16 Å². The Balaban J connectivity index is 3.20. The fourth-order valence-electron chi connectivity index (χ4n) is 0.982. The fraction of sp³-hybridized carbons (Fsp3) is 0.222. The summed E-state index contributed by atoms with van der Waals surface area (Å²) in [6.45, 7) is 3.34. The predicted octanol–water partition coefficient (Wildman–Crippen LogP) is 1.28. The topological polar surface area (TPSA) is 87.1 Å². The van der Waals surface area contributed by atoms with Crippen LogP contribution < -0.4 is 0 Å². The van der Waals surface area contributed by atoms with Crippen LogP contribution in [0, 0.1) is 25.2 Å². The smallest absolute Gasteiger partial charge is 0.346 e. The highest BCUT2D eigenvalue weighted by atomic mass is 16.5. The van der Waals surface area contributed by atoms with Crippen molar-refractivity contribution in [3.05, 3.63) is 22.6 Å². The average Bonchev–Trinajstić information content (AvgIpc) is 2.43. The van der Waals surface area contributed by atoms with Gasteiger partial charge in [-0.2, -0.15) is 5.26 Å². The van der Waals surface area contributed by atoms with E-state index in [1.807, 2.05) is 0 Å². The van der Waals surface area contributed by atoms with Gasteiger partial charge in [-0.05, 0) is 19.9 Å². The van der Waals surface area contributed by atoms with Crippen LogP contribution in [0.2, 0.25) is 0 Å². The van der Waals surface area contributed by atoms with Crippen molar-refractivity contribution in [3.63, 3.8) is 0 Å².